The van der Waals surface area contributed by atoms with Crippen LogP contribution < -0.4 is 15.4 Å². The number of halogens is 3. The molecule has 0 fully saturated rings. The molecule has 0 amide bonds. The van der Waals surface area contributed by atoms with Gasteiger partial charge in [-0.3, -0.25) is 4.99 Å². The van der Waals surface area contributed by atoms with E-state index >= 15 is 0 Å². The van der Waals surface area contributed by atoms with Gasteiger partial charge in [0.1, 0.15) is 17.4 Å². The van der Waals surface area contributed by atoms with Gasteiger partial charge in [-0.2, -0.15) is 0 Å². The Morgan fingerprint density at radius 2 is 1.80 bits per heavy atom. The van der Waals surface area contributed by atoms with Crippen LogP contribution in [-0.2, 0) is 13.0 Å². The number of hydrogen-bond donors (Lipinski definition) is 2. The molecular formula is C22H23F2IN4O. The number of nitrogens with zero attached hydrogens (tertiary/aromatic N) is 2. The molecule has 1 aromatic heterocycles. The summed E-state index contributed by atoms with van der Waals surface area (Å²) in [5.74, 6) is 0.732. The van der Waals surface area contributed by atoms with Crippen LogP contribution in [0, 0.1) is 11.6 Å². The summed E-state index contributed by atoms with van der Waals surface area (Å²) in [6.45, 7) is 0.929. The van der Waals surface area contributed by atoms with E-state index in [0.717, 1.165) is 5.56 Å². The van der Waals surface area contributed by atoms with Crippen molar-refractivity contribution in [3.05, 3.63) is 89.6 Å². The molecule has 0 radical (unpaired) electrons. The van der Waals surface area contributed by atoms with Gasteiger partial charge < -0.3 is 15.4 Å². The molecule has 2 aromatic carbocycles. The van der Waals surface area contributed by atoms with Crippen molar-refractivity contribution in [1.29, 1.82) is 0 Å². The highest BCUT2D eigenvalue weighted by Crippen LogP contribution is 2.23. The number of guanidine groups is 1. The van der Waals surface area contributed by atoms with Crippen molar-refractivity contribution in [2.24, 2.45) is 4.99 Å². The Kier molecular flexibility index (Phi) is 9.46. The van der Waals surface area contributed by atoms with Crippen LogP contribution in [0.2, 0.25) is 0 Å². The Labute approximate surface area is 191 Å². The molecule has 0 bridgehead atoms. The predicted octanol–water partition coefficient (Wildman–Crippen LogP) is 4.68. The molecule has 0 aliphatic heterocycles. The Bertz CT molecular complexity index is 985. The number of benzene rings is 2. The zero-order valence-corrected chi connectivity index (χ0v) is 18.8. The summed E-state index contributed by atoms with van der Waals surface area (Å²) >= 11 is 0. The van der Waals surface area contributed by atoms with Crippen LogP contribution >= 0.6 is 24.0 Å². The molecule has 2 N–H and O–H groups in total. The molecule has 158 valence electrons. The zero-order valence-electron chi connectivity index (χ0n) is 16.4. The minimum atomic E-state index is -0.377. The van der Waals surface area contributed by atoms with Crippen LogP contribution in [0.1, 0.15) is 11.1 Å². The van der Waals surface area contributed by atoms with Gasteiger partial charge in [-0.1, -0.05) is 30.3 Å². The topological polar surface area (TPSA) is 58.5 Å². The van der Waals surface area contributed by atoms with E-state index in [2.05, 4.69) is 20.6 Å². The Morgan fingerprint density at radius 1 is 1.00 bits per heavy atom. The minimum absolute atomic E-state index is 0. The van der Waals surface area contributed by atoms with Crippen molar-refractivity contribution in [1.82, 2.24) is 15.6 Å². The average molecular weight is 524 g/mol. The normalized spacial score (nSPS) is 10.8. The highest BCUT2D eigenvalue weighted by atomic mass is 127. The fourth-order valence-corrected chi connectivity index (χ4v) is 2.71. The van der Waals surface area contributed by atoms with E-state index in [1.165, 1.54) is 18.2 Å². The molecule has 30 heavy (non-hydrogen) atoms. The van der Waals surface area contributed by atoms with E-state index in [4.69, 9.17) is 4.74 Å². The Hall–Kier alpha value is -2.75. The molecular weight excluding hydrogens is 501 g/mol. The molecule has 1 heterocycles. The van der Waals surface area contributed by atoms with Crippen LogP contribution in [0.3, 0.4) is 0 Å². The van der Waals surface area contributed by atoms with Gasteiger partial charge in [0, 0.05) is 38.0 Å². The van der Waals surface area contributed by atoms with Crippen molar-refractivity contribution in [3.63, 3.8) is 0 Å². The molecule has 3 aromatic rings. The minimum Gasteiger partial charge on any atom is -0.439 e. The number of ether oxygens (including phenoxy) is 1. The van der Waals surface area contributed by atoms with E-state index in [-0.39, 0.29) is 35.6 Å². The highest BCUT2D eigenvalue weighted by Gasteiger charge is 2.08. The number of pyridine rings is 1. The fourth-order valence-electron chi connectivity index (χ4n) is 2.71. The second kappa shape index (κ2) is 12.1. The lowest BCUT2D eigenvalue weighted by Gasteiger charge is -2.14. The summed E-state index contributed by atoms with van der Waals surface area (Å²) in [7, 11) is 1.66. The lowest BCUT2D eigenvalue weighted by Crippen LogP contribution is -2.38. The number of nitrogens with one attached hydrogen (secondary N) is 2. The molecule has 0 atom stereocenters. The average Bonchev–Trinajstić information content (AvgIpc) is 2.73. The van der Waals surface area contributed by atoms with Gasteiger partial charge in [-0.25, -0.2) is 13.8 Å². The largest absolute Gasteiger partial charge is 0.439 e. The molecule has 0 spiro atoms. The number of hydrogen-bond acceptors (Lipinski definition) is 3. The lowest BCUT2D eigenvalue weighted by molar-refractivity contribution is 0.450. The molecule has 5 nitrogen and oxygen atoms in total. The summed E-state index contributed by atoms with van der Waals surface area (Å²) in [4.78, 5) is 8.40. The first-order chi connectivity index (χ1) is 14.2. The first kappa shape index (κ1) is 23.5. The predicted molar refractivity (Wildman–Crippen MR) is 124 cm³/mol. The van der Waals surface area contributed by atoms with Crippen LogP contribution in [0.4, 0.5) is 8.78 Å². The van der Waals surface area contributed by atoms with Crippen molar-refractivity contribution >= 4 is 29.9 Å². The van der Waals surface area contributed by atoms with Gasteiger partial charge in [0.25, 0.3) is 0 Å². The summed E-state index contributed by atoms with van der Waals surface area (Å²) in [5, 5.41) is 6.33. The second-order valence-electron chi connectivity index (χ2n) is 6.22. The van der Waals surface area contributed by atoms with Crippen LogP contribution in [0.5, 0.6) is 11.6 Å². The molecule has 0 saturated heterocycles. The maximum atomic E-state index is 13.7. The summed E-state index contributed by atoms with van der Waals surface area (Å²) in [5.41, 5.74) is 1.43. The van der Waals surface area contributed by atoms with Crippen molar-refractivity contribution in [2.75, 3.05) is 13.6 Å². The fraction of sp³-hybridized carbons (Fsp3) is 0.182. The summed E-state index contributed by atoms with van der Waals surface area (Å²) < 4.78 is 32.8. The lowest BCUT2D eigenvalue weighted by atomic mass is 10.1. The molecule has 3 rings (SSSR count). The van der Waals surface area contributed by atoms with E-state index in [1.54, 1.807) is 43.6 Å². The highest BCUT2D eigenvalue weighted by molar-refractivity contribution is 14.0. The number of aromatic nitrogens is 1. The summed E-state index contributed by atoms with van der Waals surface area (Å²) in [6, 6.07) is 16.2. The van der Waals surface area contributed by atoms with Crippen LogP contribution in [0.25, 0.3) is 0 Å². The van der Waals surface area contributed by atoms with Gasteiger partial charge in [0.05, 0.1) is 0 Å². The van der Waals surface area contributed by atoms with E-state index in [9.17, 15) is 8.78 Å². The monoisotopic (exact) mass is 524 g/mol. The molecule has 8 heteroatoms. The summed E-state index contributed by atoms with van der Waals surface area (Å²) in [6.07, 6.45) is 2.15. The van der Waals surface area contributed by atoms with Crippen LogP contribution in [0.15, 0.2) is 71.9 Å². The first-order valence-corrected chi connectivity index (χ1v) is 9.21. The van der Waals surface area contributed by atoms with Gasteiger partial charge in [-0.15, -0.1) is 24.0 Å². The smallest absolute Gasteiger partial charge is 0.224 e. The third-order valence-corrected chi connectivity index (χ3v) is 4.18. The standard InChI is InChI=1S/C22H22F2N4O.HI/c1-25-22(27-13-11-16-6-2-3-10-20(16)24)28-15-17-7-5-12-26-21(17)29-19-9-4-8-18(23)14-19;/h2-10,12,14H,11,13,15H2,1H3,(H2,25,27,28);1H. The van der Waals surface area contributed by atoms with E-state index < -0.39 is 0 Å². The van der Waals surface area contributed by atoms with Crippen LogP contribution in [-0.4, -0.2) is 24.5 Å². The third kappa shape index (κ3) is 6.94. The first-order valence-electron chi connectivity index (χ1n) is 9.21. The number of rotatable bonds is 7. The van der Waals surface area contributed by atoms with E-state index in [1.807, 2.05) is 12.1 Å². The van der Waals surface area contributed by atoms with Gasteiger partial charge in [0.2, 0.25) is 5.88 Å². The molecule has 0 saturated carbocycles. The Morgan fingerprint density at radius 3 is 2.57 bits per heavy atom. The quantitative estimate of drug-likeness (QED) is 0.268. The third-order valence-electron chi connectivity index (χ3n) is 4.18. The van der Waals surface area contributed by atoms with E-state index in [0.29, 0.717) is 42.7 Å². The Balaban J connectivity index is 0.00000320. The maximum absolute atomic E-state index is 13.7. The SMILES string of the molecule is CN=C(NCCc1ccccc1F)NCc1cccnc1Oc1cccc(F)c1.I. The second-order valence-corrected chi connectivity index (χ2v) is 6.22. The van der Waals surface area contributed by atoms with Crippen molar-refractivity contribution in [3.8, 4) is 11.6 Å². The zero-order chi connectivity index (χ0) is 20.5. The van der Waals surface area contributed by atoms with Crippen molar-refractivity contribution < 1.29 is 13.5 Å². The molecule has 0 aliphatic carbocycles. The van der Waals surface area contributed by atoms with Gasteiger partial charge in [0.15, 0.2) is 5.96 Å². The van der Waals surface area contributed by atoms with Gasteiger partial charge >= 0.3 is 0 Å². The molecule has 0 unspecified atom stereocenters. The van der Waals surface area contributed by atoms with Crippen molar-refractivity contribution in [2.45, 2.75) is 13.0 Å². The molecule has 0 aliphatic rings. The maximum Gasteiger partial charge on any atom is 0.224 e. The van der Waals surface area contributed by atoms with Gasteiger partial charge in [-0.05, 0) is 36.2 Å². The number of aliphatic imine (C=N–C) groups is 1.